The minimum absolute atomic E-state index is 0.0640. The van der Waals surface area contributed by atoms with Crippen LogP contribution in [0.4, 0.5) is 0 Å². The van der Waals surface area contributed by atoms with Crippen LogP contribution >= 0.6 is 0 Å². The number of aromatic nitrogens is 3. The number of amides is 2. The van der Waals surface area contributed by atoms with Gasteiger partial charge in [-0.25, -0.2) is 4.68 Å². The zero-order valence-corrected chi connectivity index (χ0v) is 16.9. The summed E-state index contributed by atoms with van der Waals surface area (Å²) in [6, 6.07) is 15.5. The first-order valence-electron chi connectivity index (χ1n) is 10.2. The van der Waals surface area contributed by atoms with Gasteiger partial charge in [0.15, 0.2) is 0 Å². The van der Waals surface area contributed by atoms with Crippen LogP contribution in [0.1, 0.15) is 17.7 Å². The number of carbonyl (C=O) groups is 2. The van der Waals surface area contributed by atoms with Crippen molar-refractivity contribution in [2.45, 2.75) is 19.3 Å². The van der Waals surface area contributed by atoms with E-state index in [1.165, 1.54) is 0 Å². The minimum Gasteiger partial charge on any atom is -0.339 e. The molecule has 0 unspecified atom stereocenters. The van der Waals surface area contributed by atoms with Crippen molar-refractivity contribution in [3.63, 3.8) is 0 Å². The van der Waals surface area contributed by atoms with Crippen molar-refractivity contribution < 1.29 is 9.59 Å². The van der Waals surface area contributed by atoms with E-state index < -0.39 is 0 Å². The van der Waals surface area contributed by atoms with E-state index in [4.69, 9.17) is 0 Å². The van der Waals surface area contributed by atoms with E-state index in [2.05, 4.69) is 10.1 Å². The summed E-state index contributed by atoms with van der Waals surface area (Å²) in [5.74, 6) is 0.188. The first-order chi connectivity index (χ1) is 14.7. The summed E-state index contributed by atoms with van der Waals surface area (Å²) < 4.78 is 1.83. The molecule has 3 heterocycles. The smallest absolute Gasteiger partial charge is 0.228 e. The van der Waals surface area contributed by atoms with E-state index in [0.29, 0.717) is 45.4 Å². The van der Waals surface area contributed by atoms with E-state index in [9.17, 15) is 9.59 Å². The van der Waals surface area contributed by atoms with Crippen LogP contribution in [0.2, 0.25) is 0 Å². The van der Waals surface area contributed by atoms with Crippen LogP contribution < -0.4 is 0 Å². The van der Waals surface area contributed by atoms with Gasteiger partial charge in [0.2, 0.25) is 11.8 Å². The summed E-state index contributed by atoms with van der Waals surface area (Å²) in [5.41, 5.74) is 2.81. The molecule has 0 spiro atoms. The number of aryl methyl sites for hydroxylation is 1. The fourth-order valence-electron chi connectivity index (χ4n) is 3.60. The molecule has 0 saturated carbocycles. The highest BCUT2D eigenvalue weighted by Gasteiger charge is 2.24. The van der Waals surface area contributed by atoms with Gasteiger partial charge in [-0.15, -0.1) is 0 Å². The van der Waals surface area contributed by atoms with Crippen LogP contribution in [0.15, 0.2) is 67.1 Å². The molecule has 1 aliphatic rings. The van der Waals surface area contributed by atoms with E-state index in [0.717, 1.165) is 16.9 Å². The Morgan fingerprint density at radius 2 is 1.57 bits per heavy atom. The number of pyridine rings is 1. The van der Waals surface area contributed by atoms with Crippen LogP contribution in [0.25, 0.3) is 5.69 Å². The molecule has 1 aromatic carbocycles. The molecule has 7 nitrogen and oxygen atoms in total. The Balaban J connectivity index is 1.23. The second-order valence-corrected chi connectivity index (χ2v) is 7.39. The molecule has 154 valence electrons. The molecule has 4 rings (SSSR count). The highest BCUT2D eigenvalue weighted by Crippen LogP contribution is 2.11. The third-order valence-corrected chi connectivity index (χ3v) is 5.33. The van der Waals surface area contributed by atoms with Crippen molar-refractivity contribution >= 4 is 11.8 Å². The Morgan fingerprint density at radius 1 is 0.867 bits per heavy atom. The molecular formula is C23H25N5O2. The summed E-state index contributed by atoms with van der Waals surface area (Å²) in [5, 5.41) is 4.38. The van der Waals surface area contributed by atoms with Crippen molar-refractivity contribution in [2.75, 3.05) is 26.2 Å². The third kappa shape index (κ3) is 4.92. The molecule has 0 N–H and O–H groups in total. The molecule has 0 atom stereocenters. The molecule has 1 saturated heterocycles. The Morgan fingerprint density at radius 3 is 2.27 bits per heavy atom. The Kier molecular flexibility index (Phi) is 6.17. The summed E-state index contributed by atoms with van der Waals surface area (Å²) in [6.45, 7) is 2.30. The molecule has 2 aromatic heterocycles. The third-order valence-electron chi connectivity index (χ3n) is 5.33. The van der Waals surface area contributed by atoms with Gasteiger partial charge in [-0.05, 0) is 36.2 Å². The molecule has 0 radical (unpaired) electrons. The lowest BCUT2D eigenvalue weighted by atomic mass is 10.1. The Bertz CT molecular complexity index is 979. The van der Waals surface area contributed by atoms with Crippen molar-refractivity contribution in [2.24, 2.45) is 0 Å². The lowest BCUT2D eigenvalue weighted by Crippen LogP contribution is -2.51. The highest BCUT2D eigenvalue weighted by molar-refractivity contribution is 5.79. The standard InChI is InChI=1S/C23H25N5O2/c29-22(10-9-19-17-25-28(18-19)21-7-2-1-3-8-21)26-12-14-27(15-13-26)23(30)16-20-6-4-5-11-24-20/h1-8,11,17-18H,9-10,12-16H2. The van der Waals surface area contributed by atoms with E-state index in [1.54, 1.807) is 6.20 Å². The monoisotopic (exact) mass is 403 g/mol. The average molecular weight is 403 g/mol. The number of nitrogens with zero attached hydrogens (tertiary/aromatic N) is 5. The predicted molar refractivity (Wildman–Crippen MR) is 113 cm³/mol. The van der Waals surface area contributed by atoms with Crippen molar-refractivity contribution in [3.8, 4) is 5.69 Å². The van der Waals surface area contributed by atoms with Crippen molar-refractivity contribution in [1.29, 1.82) is 0 Å². The number of para-hydroxylation sites is 1. The van der Waals surface area contributed by atoms with Crippen molar-refractivity contribution in [3.05, 3.63) is 78.4 Å². The molecule has 3 aromatic rings. The number of rotatable bonds is 6. The zero-order valence-electron chi connectivity index (χ0n) is 16.9. The predicted octanol–water partition coefficient (Wildman–Crippen LogP) is 2.11. The molecule has 1 aliphatic heterocycles. The largest absolute Gasteiger partial charge is 0.339 e. The fourth-order valence-corrected chi connectivity index (χ4v) is 3.60. The molecule has 30 heavy (non-hydrogen) atoms. The Labute approximate surface area is 175 Å². The summed E-state index contributed by atoms with van der Waals surface area (Å²) in [7, 11) is 0. The van der Waals surface area contributed by atoms with Gasteiger partial charge in [0.1, 0.15) is 0 Å². The molecule has 0 bridgehead atoms. The van der Waals surface area contributed by atoms with Gasteiger partial charge < -0.3 is 9.80 Å². The maximum absolute atomic E-state index is 12.6. The number of piperazine rings is 1. The number of carbonyl (C=O) groups excluding carboxylic acids is 2. The lowest BCUT2D eigenvalue weighted by molar-refractivity contribution is -0.139. The van der Waals surface area contributed by atoms with Crippen LogP contribution in [-0.4, -0.2) is 62.6 Å². The van der Waals surface area contributed by atoms with Crippen LogP contribution in [0.5, 0.6) is 0 Å². The fraction of sp³-hybridized carbons (Fsp3) is 0.304. The topological polar surface area (TPSA) is 71.3 Å². The lowest BCUT2D eigenvalue weighted by Gasteiger charge is -2.34. The molecule has 7 heteroatoms. The normalized spacial score (nSPS) is 14.0. The molecule has 1 fully saturated rings. The summed E-state index contributed by atoms with van der Waals surface area (Å²) in [6.07, 6.45) is 6.89. The van der Waals surface area contributed by atoms with Gasteiger partial charge in [0, 0.05) is 50.7 Å². The number of hydrogen-bond donors (Lipinski definition) is 0. The second-order valence-electron chi connectivity index (χ2n) is 7.39. The minimum atomic E-state index is 0.0640. The van der Waals surface area contributed by atoms with Gasteiger partial charge in [0.05, 0.1) is 18.3 Å². The maximum atomic E-state index is 12.6. The first kappa shape index (κ1) is 19.8. The van der Waals surface area contributed by atoms with Gasteiger partial charge in [0.25, 0.3) is 0 Å². The second kappa shape index (κ2) is 9.35. The maximum Gasteiger partial charge on any atom is 0.228 e. The van der Waals surface area contributed by atoms with Crippen LogP contribution in [0, 0.1) is 0 Å². The van der Waals surface area contributed by atoms with Gasteiger partial charge in [-0.3, -0.25) is 14.6 Å². The Hall–Kier alpha value is -3.48. The highest BCUT2D eigenvalue weighted by atomic mass is 16.2. The first-order valence-corrected chi connectivity index (χ1v) is 10.2. The zero-order chi connectivity index (χ0) is 20.8. The van der Waals surface area contributed by atoms with Gasteiger partial charge in [-0.2, -0.15) is 5.10 Å². The molecular weight excluding hydrogens is 378 g/mol. The number of hydrogen-bond acceptors (Lipinski definition) is 4. The van der Waals surface area contributed by atoms with E-state index in [-0.39, 0.29) is 11.8 Å². The van der Waals surface area contributed by atoms with E-state index >= 15 is 0 Å². The van der Waals surface area contributed by atoms with Gasteiger partial charge >= 0.3 is 0 Å². The molecule has 0 aliphatic carbocycles. The van der Waals surface area contributed by atoms with Crippen molar-refractivity contribution in [1.82, 2.24) is 24.6 Å². The summed E-state index contributed by atoms with van der Waals surface area (Å²) >= 11 is 0. The van der Waals surface area contributed by atoms with Gasteiger partial charge in [-0.1, -0.05) is 24.3 Å². The number of benzene rings is 1. The van der Waals surface area contributed by atoms with E-state index in [1.807, 2.05) is 75.4 Å². The summed E-state index contributed by atoms with van der Waals surface area (Å²) in [4.78, 5) is 32.9. The molecule has 2 amide bonds. The quantitative estimate of drug-likeness (QED) is 0.632. The van der Waals surface area contributed by atoms with Crippen LogP contribution in [0.3, 0.4) is 0 Å². The van der Waals surface area contributed by atoms with Crippen LogP contribution in [-0.2, 0) is 22.4 Å². The average Bonchev–Trinajstić information content (AvgIpc) is 3.28. The SMILES string of the molecule is O=C(CCc1cnn(-c2ccccc2)c1)N1CCN(C(=O)Cc2ccccn2)CC1.